The molecule has 1 saturated heterocycles. The van der Waals surface area contributed by atoms with Crippen molar-refractivity contribution in [3.63, 3.8) is 0 Å². The summed E-state index contributed by atoms with van der Waals surface area (Å²) < 4.78 is 5.76. The van der Waals surface area contributed by atoms with Gasteiger partial charge in [0.2, 0.25) is 5.91 Å². The van der Waals surface area contributed by atoms with Gasteiger partial charge in [-0.1, -0.05) is 48.5 Å². The number of likely N-dealkylation sites (tertiary alicyclic amines) is 1. The Labute approximate surface area is 167 Å². The number of rotatable bonds is 8. The quantitative estimate of drug-likeness (QED) is 0.655. The van der Waals surface area contributed by atoms with Crippen LogP contribution in [0.3, 0.4) is 0 Å². The van der Waals surface area contributed by atoms with Crippen molar-refractivity contribution in [3.8, 4) is 0 Å². The summed E-state index contributed by atoms with van der Waals surface area (Å²) in [5, 5.41) is 1.38. The van der Waals surface area contributed by atoms with Crippen LogP contribution in [-0.2, 0) is 20.8 Å². The second-order valence-corrected chi connectivity index (χ2v) is 7.30. The Hall–Kier alpha value is -2.21. The fourth-order valence-electron chi connectivity index (χ4n) is 3.70. The number of nitrogens with zero attached hydrogens (tertiary/aromatic N) is 2. The fraction of sp³-hybridized carbons (Fsp3) is 0.435. The van der Waals surface area contributed by atoms with Gasteiger partial charge in [0.05, 0.1) is 18.4 Å². The highest BCUT2D eigenvalue weighted by Gasteiger charge is 2.30. The lowest BCUT2D eigenvalue weighted by Gasteiger charge is -2.38. The van der Waals surface area contributed by atoms with E-state index in [1.807, 2.05) is 30.3 Å². The minimum absolute atomic E-state index is 0.106. The van der Waals surface area contributed by atoms with Crippen molar-refractivity contribution in [2.45, 2.75) is 25.9 Å². The van der Waals surface area contributed by atoms with Crippen LogP contribution in [0, 0.1) is 5.92 Å². The lowest BCUT2D eigenvalue weighted by Crippen LogP contribution is -2.47. The number of carbonyl (C=O) groups is 1. The number of carbonyl (C=O) groups excluding carboxylic acids is 1. The van der Waals surface area contributed by atoms with Gasteiger partial charge >= 0.3 is 0 Å². The Kier molecular flexibility index (Phi) is 7.60. The molecule has 0 radical (unpaired) electrons. The van der Waals surface area contributed by atoms with Gasteiger partial charge in [-0.3, -0.25) is 9.63 Å². The van der Waals surface area contributed by atoms with Gasteiger partial charge in [-0.2, -0.15) is 5.06 Å². The maximum Gasteiger partial charge on any atom is 0.247 e. The highest BCUT2D eigenvalue weighted by molar-refractivity contribution is 5.89. The fourth-order valence-corrected chi connectivity index (χ4v) is 3.70. The SMILES string of the molecule is CO[C@H]1CN(CCc2ccccc2)CC[C@H]1CON(C(C)=O)c1ccccc1. The van der Waals surface area contributed by atoms with Gasteiger partial charge in [0.1, 0.15) is 0 Å². The molecule has 5 heteroatoms. The standard InChI is InChI=1S/C23H30N2O3/c1-19(26)25(22-11-7-4-8-12-22)28-18-21-14-16-24(17-23(21)27-2)15-13-20-9-5-3-6-10-20/h3-12,21,23H,13-18H2,1-2H3/t21-,23-/m0/s1. The number of hydroxylamine groups is 1. The van der Waals surface area contributed by atoms with Gasteiger partial charge in [0.15, 0.2) is 0 Å². The first-order valence-corrected chi connectivity index (χ1v) is 9.95. The second-order valence-electron chi connectivity index (χ2n) is 7.30. The average Bonchev–Trinajstić information content (AvgIpc) is 2.74. The summed E-state index contributed by atoms with van der Waals surface area (Å²) in [4.78, 5) is 20.4. The van der Waals surface area contributed by atoms with Gasteiger partial charge in [0.25, 0.3) is 0 Å². The summed E-state index contributed by atoms with van der Waals surface area (Å²) in [7, 11) is 1.76. The Morgan fingerprint density at radius 1 is 1.11 bits per heavy atom. The molecule has 150 valence electrons. The monoisotopic (exact) mass is 382 g/mol. The lowest BCUT2D eigenvalue weighted by molar-refractivity contribution is -0.126. The van der Waals surface area contributed by atoms with Crippen molar-refractivity contribution in [1.29, 1.82) is 0 Å². The summed E-state index contributed by atoms with van der Waals surface area (Å²) in [5.74, 6) is 0.143. The van der Waals surface area contributed by atoms with E-state index in [0.29, 0.717) is 6.61 Å². The van der Waals surface area contributed by atoms with E-state index < -0.39 is 0 Å². The van der Waals surface area contributed by atoms with Crippen molar-refractivity contribution in [1.82, 2.24) is 4.90 Å². The first kappa shape index (κ1) is 20.5. The molecule has 2 aromatic carbocycles. The van der Waals surface area contributed by atoms with E-state index in [2.05, 4.69) is 35.2 Å². The molecule has 0 unspecified atom stereocenters. The van der Waals surface area contributed by atoms with Gasteiger partial charge in [-0.15, -0.1) is 0 Å². The molecule has 1 fully saturated rings. The minimum Gasteiger partial charge on any atom is -0.380 e. The molecule has 0 saturated carbocycles. The number of piperidine rings is 1. The third-order valence-electron chi connectivity index (χ3n) is 5.34. The Balaban J connectivity index is 1.51. The molecule has 0 aromatic heterocycles. The number of benzene rings is 2. The highest BCUT2D eigenvalue weighted by atomic mass is 16.7. The number of ether oxygens (including phenoxy) is 1. The number of para-hydroxylation sites is 1. The molecule has 1 aliphatic heterocycles. The van der Waals surface area contributed by atoms with Crippen molar-refractivity contribution in [3.05, 3.63) is 66.2 Å². The molecule has 3 rings (SSSR count). The van der Waals surface area contributed by atoms with E-state index in [9.17, 15) is 4.79 Å². The predicted octanol–water partition coefficient (Wildman–Crippen LogP) is 3.55. The van der Waals surface area contributed by atoms with Crippen LogP contribution in [0.2, 0.25) is 0 Å². The van der Waals surface area contributed by atoms with Gasteiger partial charge in [-0.05, 0) is 37.1 Å². The largest absolute Gasteiger partial charge is 0.380 e. The van der Waals surface area contributed by atoms with Crippen LogP contribution in [0.4, 0.5) is 5.69 Å². The van der Waals surface area contributed by atoms with Crippen LogP contribution >= 0.6 is 0 Å². The van der Waals surface area contributed by atoms with E-state index in [1.165, 1.54) is 17.6 Å². The number of methoxy groups -OCH3 is 1. The summed E-state index contributed by atoms with van der Waals surface area (Å²) >= 11 is 0. The van der Waals surface area contributed by atoms with Crippen LogP contribution in [0.5, 0.6) is 0 Å². The van der Waals surface area contributed by atoms with E-state index in [4.69, 9.17) is 9.57 Å². The molecule has 28 heavy (non-hydrogen) atoms. The summed E-state index contributed by atoms with van der Waals surface area (Å²) in [6, 6.07) is 20.1. The smallest absolute Gasteiger partial charge is 0.247 e. The molecule has 1 amide bonds. The molecule has 0 N–H and O–H groups in total. The lowest BCUT2D eigenvalue weighted by atomic mass is 9.94. The predicted molar refractivity (Wildman–Crippen MR) is 111 cm³/mol. The number of hydrogen-bond acceptors (Lipinski definition) is 4. The second kappa shape index (κ2) is 10.4. The van der Waals surface area contributed by atoms with Crippen molar-refractivity contribution in [2.24, 2.45) is 5.92 Å². The average molecular weight is 383 g/mol. The highest BCUT2D eigenvalue weighted by Crippen LogP contribution is 2.23. The first-order chi connectivity index (χ1) is 13.7. The molecule has 0 spiro atoms. The topological polar surface area (TPSA) is 42.0 Å². The zero-order chi connectivity index (χ0) is 19.8. The number of hydrogen-bond donors (Lipinski definition) is 0. The molecule has 5 nitrogen and oxygen atoms in total. The van der Waals surface area contributed by atoms with E-state index in [1.54, 1.807) is 7.11 Å². The van der Waals surface area contributed by atoms with Crippen LogP contribution in [0.15, 0.2) is 60.7 Å². The van der Waals surface area contributed by atoms with Crippen molar-refractivity contribution in [2.75, 3.05) is 38.4 Å². The van der Waals surface area contributed by atoms with Gasteiger partial charge in [0, 0.05) is 33.0 Å². The van der Waals surface area contributed by atoms with Crippen LogP contribution in [0.25, 0.3) is 0 Å². The van der Waals surface area contributed by atoms with Crippen molar-refractivity contribution < 1.29 is 14.4 Å². The number of amides is 1. The van der Waals surface area contributed by atoms with E-state index in [0.717, 1.165) is 38.2 Å². The Bertz CT molecular complexity index is 723. The molecule has 0 bridgehead atoms. The summed E-state index contributed by atoms with van der Waals surface area (Å²) in [5.41, 5.74) is 2.12. The van der Waals surface area contributed by atoms with E-state index in [-0.39, 0.29) is 17.9 Å². The molecular weight excluding hydrogens is 352 g/mol. The van der Waals surface area contributed by atoms with Gasteiger partial charge < -0.3 is 9.64 Å². The van der Waals surface area contributed by atoms with E-state index >= 15 is 0 Å². The molecular formula is C23H30N2O3. The normalized spacial score (nSPS) is 20.1. The maximum absolute atomic E-state index is 12.0. The first-order valence-electron chi connectivity index (χ1n) is 9.95. The van der Waals surface area contributed by atoms with Crippen LogP contribution in [0.1, 0.15) is 18.9 Å². The maximum atomic E-state index is 12.0. The minimum atomic E-state index is -0.125. The molecule has 0 aliphatic carbocycles. The number of anilines is 1. The van der Waals surface area contributed by atoms with Crippen LogP contribution in [-0.4, -0.2) is 50.3 Å². The van der Waals surface area contributed by atoms with Gasteiger partial charge in [-0.25, -0.2) is 0 Å². The summed E-state index contributed by atoms with van der Waals surface area (Å²) in [6.45, 7) is 4.93. The Morgan fingerprint density at radius 3 is 2.43 bits per heavy atom. The molecule has 2 atom stereocenters. The molecule has 1 aliphatic rings. The Morgan fingerprint density at radius 2 is 1.79 bits per heavy atom. The third-order valence-corrected chi connectivity index (χ3v) is 5.34. The van der Waals surface area contributed by atoms with Crippen LogP contribution < -0.4 is 5.06 Å². The summed E-state index contributed by atoms with van der Waals surface area (Å²) in [6.07, 6.45) is 2.15. The van der Waals surface area contributed by atoms with Crippen molar-refractivity contribution >= 4 is 11.6 Å². The zero-order valence-electron chi connectivity index (χ0n) is 16.8. The molecule has 2 aromatic rings. The molecule has 1 heterocycles. The zero-order valence-corrected chi connectivity index (χ0v) is 16.8. The third kappa shape index (κ3) is 5.64.